The van der Waals surface area contributed by atoms with Gasteiger partial charge >= 0.3 is 5.91 Å². The van der Waals surface area contributed by atoms with Crippen molar-refractivity contribution in [2.75, 3.05) is 31.6 Å². The van der Waals surface area contributed by atoms with Crippen molar-refractivity contribution >= 4 is 34.0 Å². The highest BCUT2D eigenvalue weighted by atomic mass is 16.2. The number of hydrogen-bond acceptors (Lipinski definition) is 4. The number of aryl methyl sites for hydroxylation is 2. The molecule has 0 N–H and O–H groups in total. The minimum Gasteiger partial charge on any atom is -0.334 e. The Morgan fingerprint density at radius 3 is 2.84 bits per heavy atom. The second kappa shape index (κ2) is 8.60. The summed E-state index contributed by atoms with van der Waals surface area (Å²) < 4.78 is 2.00. The predicted molar refractivity (Wildman–Crippen MR) is 123 cm³/mol. The fourth-order valence-electron chi connectivity index (χ4n) is 4.05. The van der Waals surface area contributed by atoms with Gasteiger partial charge in [0.1, 0.15) is 11.3 Å². The molecule has 3 heterocycles. The summed E-state index contributed by atoms with van der Waals surface area (Å²) in [4.78, 5) is 28.0. The Labute approximate surface area is 182 Å². The van der Waals surface area contributed by atoms with E-state index in [-0.39, 0.29) is 12.5 Å². The first-order chi connectivity index (χ1) is 15.0. The summed E-state index contributed by atoms with van der Waals surface area (Å²) >= 11 is 0. The molecule has 3 aromatic rings. The number of imidazole rings is 1. The molecule has 4 rings (SSSR count). The van der Waals surface area contributed by atoms with E-state index in [2.05, 4.69) is 57.0 Å². The smallest absolute Gasteiger partial charge is 0.303 e. The fourth-order valence-corrected chi connectivity index (χ4v) is 4.05. The highest BCUT2D eigenvalue weighted by Gasteiger charge is 2.20. The van der Waals surface area contributed by atoms with E-state index in [0.717, 1.165) is 35.4 Å². The number of carbonyl (C=O) groups excluding carboxylic acids is 1. The van der Waals surface area contributed by atoms with Gasteiger partial charge in [-0.1, -0.05) is 19.1 Å². The average Bonchev–Trinajstić information content (AvgIpc) is 3.18. The molecule has 0 saturated carbocycles. The van der Waals surface area contributed by atoms with E-state index in [4.69, 9.17) is 6.57 Å². The standard InChI is InChI=1S/C24H26N6O/c1-5-17-12-19(18-8-10-30(11-9-18)24(31)15-25-2)6-7-21(17)29(4)23-13-22-20(14-26-23)27-16-28(22)3/h6-8,12-14,16H,5,9-11,15H2,1,3-4H3. The normalized spacial score (nSPS) is 13.7. The molecule has 1 aliphatic rings. The summed E-state index contributed by atoms with van der Waals surface area (Å²) in [7, 11) is 4.03. The second-order valence-corrected chi connectivity index (χ2v) is 7.78. The Morgan fingerprint density at radius 2 is 2.13 bits per heavy atom. The highest BCUT2D eigenvalue weighted by molar-refractivity contribution is 5.82. The molecule has 1 aromatic carbocycles. The first kappa shape index (κ1) is 20.6. The minimum atomic E-state index is -0.0885. The van der Waals surface area contributed by atoms with Gasteiger partial charge in [0.05, 0.1) is 18.0 Å². The third-order valence-corrected chi connectivity index (χ3v) is 5.91. The van der Waals surface area contributed by atoms with E-state index < -0.39 is 0 Å². The molecule has 0 spiro atoms. The summed E-state index contributed by atoms with van der Waals surface area (Å²) in [6, 6.07) is 8.61. The van der Waals surface area contributed by atoms with Gasteiger partial charge in [0.15, 0.2) is 0 Å². The average molecular weight is 415 g/mol. The van der Waals surface area contributed by atoms with E-state index in [1.54, 1.807) is 11.2 Å². The van der Waals surface area contributed by atoms with Crippen molar-refractivity contribution in [2.45, 2.75) is 19.8 Å². The maximum absolute atomic E-state index is 11.9. The number of amides is 1. The molecule has 0 saturated heterocycles. The second-order valence-electron chi connectivity index (χ2n) is 7.78. The Balaban J connectivity index is 1.59. The first-order valence-electron chi connectivity index (χ1n) is 10.5. The minimum absolute atomic E-state index is 0.0666. The van der Waals surface area contributed by atoms with E-state index >= 15 is 0 Å². The van der Waals surface area contributed by atoms with Gasteiger partial charge in [-0.15, -0.1) is 0 Å². The van der Waals surface area contributed by atoms with Crippen molar-refractivity contribution in [3.8, 4) is 0 Å². The number of benzene rings is 1. The van der Waals surface area contributed by atoms with E-state index in [0.29, 0.717) is 13.1 Å². The number of aromatic nitrogens is 3. The molecule has 0 atom stereocenters. The Morgan fingerprint density at radius 1 is 1.29 bits per heavy atom. The molecular weight excluding hydrogens is 388 g/mol. The quantitative estimate of drug-likeness (QED) is 0.596. The van der Waals surface area contributed by atoms with Gasteiger partial charge in [0.25, 0.3) is 6.54 Å². The van der Waals surface area contributed by atoms with Crippen molar-refractivity contribution in [1.29, 1.82) is 0 Å². The molecule has 1 amide bonds. The monoisotopic (exact) mass is 414 g/mol. The lowest BCUT2D eigenvalue weighted by molar-refractivity contribution is -0.128. The summed E-state index contributed by atoms with van der Waals surface area (Å²) in [5.74, 6) is 0.791. The molecule has 0 fully saturated rings. The number of rotatable bonds is 5. The van der Waals surface area contributed by atoms with Crippen molar-refractivity contribution in [3.63, 3.8) is 0 Å². The van der Waals surface area contributed by atoms with Crippen LogP contribution in [0.5, 0.6) is 0 Å². The number of pyridine rings is 1. The number of nitrogens with zero attached hydrogens (tertiary/aromatic N) is 6. The van der Waals surface area contributed by atoms with Gasteiger partial charge in [0, 0.05) is 38.9 Å². The van der Waals surface area contributed by atoms with Crippen molar-refractivity contribution in [3.05, 3.63) is 65.4 Å². The zero-order chi connectivity index (χ0) is 22.0. The van der Waals surface area contributed by atoms with Crippen molar-refractivity contribution in [2.24, 2.45) is 7.05 Å². The molecular formula is C24H26N6O. The lowest BCUT2D eigenvalue weighted by Gasteiger charge is -2.26. The number of hydrogen-bond donors (Lipinski definition) is 0. The topological polar surface area (TPSA) is 58.6 Å². The van der Waals surface area contributed by atoms with Gasteiger partial charge in [-0.3, -0.25) is 4.79 Å². The Kier molecular flexibility index (Phi) is 5.72. The lowest BCUT2D eigenvalue weighted by atomic mass is 9.96. The molecule has 31 heavy (non-hydrogen) atoms. The van der Waals surface area contributed by atoms with E-state index in [1.165, 1.54) is 16.7 Å². The van der Waals surface area contributed by atoms with Crippen LogP contribution in [0.3, 0.4) is 0 Å². The zero-order valence-electron chi connectivity index (χ0n) is 18.2. The van der Waals surface area contributed by atoms with Crippen LogP contribution >= 0.6 is 0 Å². The highest BCUT2D eigenvalue weighted by Crippen LogP contribution is 2.32. The van der Waals surface area contributed by atoms with Gasteiger partial charge < -0.3 is 19.2 Å². The Hall–Kier alpha value is -3.66. The van der Waals surface area contributed by atoms with Crippen LogP contribution in [-0.2, 0) is 18.3 Å². The van der Waals surface area contributed by atoms with Crippen LogP contribution in [0.4, 0.5) is 11.5 Å². The molecule has 0 aliphatic carbocycles. The third kappa shape index (κ3) is 4.02. The van der Waals surface area contributed by atoms with Gasteiger partial charge in [-0.05, 0) is 41.7 Å². The van der Waals surface area contributed by atoms with Crippen LogP contribution in [0.15, 0.2) is 42.9 Å². The summed E-state index contributed by atoms with van der Waals surface area (Å²) in [6.45, 7) is 10.2. The van der Waals surface area contributed by atoms with Crippen LogP contribution in [0, 0.1) is 6.57 Å². The maximum Gasteiger partial charge on any atom is 0.303 e. The van der Waals surface area contributed by atoms with E-state index in [1.807, 2.05) is 24.9 Å². The maximum atomic E-state index is 11.9. The number of anilines is 2. The van der Waals surface area contributed by atoms with Crippen LogP contribution in [-0.4, -0.2) is 52.0 Å². The molecule has 0 bridgehead atoms. The fraction of sp³-hybridized carbons (Fsp3) is 0.333. The van der Waals surface area contributed by atoms with Crippen molar-refractivity contribution < 1.29 is 4.79 Å². The molecule has 0 radical (unpaired) electrons. The third-order valence-electron chi connectivity index (χ3n) is 5.91. The van der Waals surface area contributed by atoms with Crippen LogP contribution in [0.2, 0.25) is 0 Å². The number of fused-ring (bicyclic) bond motifs is 1. The molecule has 7 nitrogen and oxygen atoms in total. The lowest BCUT2D eigenvalue weighted by Crippen LogP contribution is -2.35. The van der Waals surface area contributed by atoms with Gasteiger partial charge in [0.2, 0.25) is 0 Å². The molecule has 1 aliphatic heterocycles. The van der Waals surface area contributed by atoms with Crippen molar-refractivity contribution in [1.82, 2.24) is 19.4 Å². The molecule has 2 aromatic heterocycles. The largest absolute Gasteiger partial charge is 0.334 e. The van der Waals surface area contributed by atoms with Gasteiger partial charge in [-0.25, -0.2) is 16.5 Å². The molecule has 0 unspecified atom stereocenters. The van der Waals surface area contributed by atoms with Crippen LogP contribution in [0.25, 0.3) is 21.5 Å². The van der Waals surface area contributed by atoms with E-state index in [9.17, 15) is 4.79 Å². The zero-order valence-corrected chi connectivity index (χ0v) is 18.2. The van der Waals surface area contributed by atoms with Crippen LogP contribution < -0.4 is 4.90 Å². The predicted octanol–water partition coefficient (Wildman–Crippen LogP) is 3.83. The molecule has 7 heteroatoms. The Bertz CT molecular complexity index is 1200. The summed E-state index contributed by atoms with van der Waals surface area (Å²) in [5.41, 5.74) is 6.77. The first-order valence-corrected chi connectivity index (χ1v) is 10.5. The summed E-state index contributed by atoms with van der Waals surface area (Å²) in [6.07, 6.45) is 7.44. The summed E-state index contributed by atoms with van der Waals surface area (Å²) in [5, 5.41) is 0. The van der Waals surface area contributed by atoms with Gasteiger partial charge in [-0.2, -0.15) is 0 Å². The SMILES string of the molecule is [C-]#[N+]CC(=O)N1CC=C(c2ccc(N(C)c3cc4c(cn3)ncn4C)c(CC)c2)CC1. The number of carbonyl (C=O) groups is 1. The van der Waals surface area contributed by atoms with Crippen LogP contribution in [0.1, 0.15) is 24.5 Å². The molecule has 158 valence electrons.